The van der Waals surface area contributed by atoms with E-state index in [0.717, 1.165) is 0 Å². The smallest absolute Gasteiger partial charge is 0.322 e. The molecule has 0 aliphatic carbocycles. The first-order chi connectivity index (χ1) is 10.5. The Labute approximate surface area is 136 Å². The van der Waals surface area contributed by atoms with E-state index in [2.05, 4.69) is 4.72 Å². The van der Waals surface area contributed by atoms with Gasteiger partial charge in [0.1, 0.15) is 16.6 Å². The molecule has 0 fully saturated rings. The summed E-state index contributed by atoms with van der Waals surface area (Å²) in [5.41, 5.74) is 0.200. The van der Waals surface area contributed by atoms with E-state index < -0.39 is 22.0 Å². The molecule has 0 saturated heterocycles. The molecule has 2 atom stereocenters. The molecule has 0 saturated carbocycles. The highest BCUT2D eigenvalue weighted by molar-refractivity contribution is 7.89. The number of aliphatic carboxylic acids is 1. The Morgan fingerprint density at radius 3 is 2.39 bits per heavy atom. The van der Waals surface area contributed by atoms with E-state index >= 15 is 0 Å². The normalized spacial score (nSPS) is 14.3. The number of sulfonamides is 1. The van der Waals surface area contributed by atoms with Crippen LogP contribution < -0.4 is 4.72 Å². The number of nitrogens with one attached hydrogen (secondary N) is 1. The van der Waals surface area contributed by atoms with Crippen LogP contribution in [0, 0.1) is 5.92 Å². The Morgan fingerprint density at radius 1 is 1.39 bits per heavy atom. The number of carbonyl (C=O) groups excluding carboxylic acids is 1. The molecule has 0 bridgehead atoms. The molecule has 130 valence electrons. The van der Waals surface area contributed by atoms with Crippen molar-refractivity contribution in [2.24, 2.45) is 13.0 Å². The fraction of sp³-hybridized carbons (Fsp3) is 0.571. The van der Waals surface area contributed by atoms with Gasteiger partial charge in [-0.05, 0) is 12.0 Å². The van der Waals surface area contributed by atoms with E-state index in [1.807, 2.05) is 0 Å². The monoisotopic (exact) mass is 345 g/mol. The van der Waals surface area contributed by atoms with E-state index in [0.29, 0.717) is 6.42 Å². The summed E-state index contributed by atoms with van der Waals surface area (Å²) in [5.74, 6) is -1.94. The van der Waals surface area contributed by atoms with Crippen molar-refractivity contribution in [1.29, 1.82) is 0 Å². The van der Waals surface area contributed by atoms with Gasteiger partial charge in [-0.3, -0.25) is 9.59 Å². The van der Waals surface area contributed by atoms with Crippen molar-refractivity contribution in [3.8, 4) is 0 Å². The van der Waals surface area contributed by atoms with Gasteiger partial charge in [0.2, 0.25) is 10.0 Å². The Hall–Kier alpha value is -1.87. The molecule has 1 rings (SSSR count). The number of carboxylic acid groups (broad SMARTS) is 1. The zero-order valence-electron chi connectivity index (χ0n) is 13.9. The fourth-order valence-corrected chi connectivity index (χ4v) is 3.37. The molecule has 9 heteroatoms. The van der Waals surface area contributed by atoms with Gasteiger partial charge in [-0.15, -0.1) is 0 Å². The molecule has 8 nitrogen and oxygen atoms in total. The zero-order valence-corrected chi connectivity index (χ0v) is 14.7. The average Bonchev–Trinajstić information content (AvgIpc) is 2.85. The summed E-state index contributed by atoms with van der Waals surface area (Å²) in [7, 11) is 0.633. The van der Waals surface area contributed by atoms with Crippen molar-refractivity contribution in [2.45, 2.75) is 31.2 Å². The number of hydrogen-bond acceptors (Lipinski definition) is 4. The molecule has 0 aliphatic heterocycles. The second-order valence-corrected chi connectivity index (χ2v) is 7.41. The third-order valence-electron chi connectivity index (χ3n) is 3.68. The van der Waals surface area contributed by atoms with Crippen LogP contribution in [0.4, 0.5) is 0 Å². The van der Waals surface area contributed by atoms with Gasteiger partial charge in [0.25, 0.3) is 5.91 Å². The summed E-state index contributed by atoms with van der Waals surface area (Å²) in [6.07, 6.45) is 1.80. The molecular formula is C14H23N3O5S. The minimum atomic E-state index is -4.04. The van der Waals surface area contributed by atoms with Crippen molar-refractivity contribution < 1.29 is 23.1 Å². The predicted octanol–water partition coefficient (Wildman–Crippen LogP) is 0.505. The molecule has 23 heavy (non-hydrogen) atoms. The van der Waals surface area contributed by atoms with Crippen molar-refractivity contribution in [1.82, 2.24) is 14.2 Å². The van der Waals surface area contributed by atoms with E-state index in [1.54, 1.807) is 35.0 Å². The summed E-state index contributed by atoms with van der Waals surface area (Å²) >= 11 is 0. The minimum absolute atomic E-state index is 0.139. The Morgan fingerprint density at radius 2 is 1.96 bits per heavy atom. The first-order valence-electron chi connectivity index (χ1n) is 7.14. The molecule has 1 heterocycles. The molecule has 0 radical (unpaired) electrons. The lowest BCUT2D eigenvalue weighted by Crippen LogP contribution is -2.44. The highest BCUT2D eigenvalue weighted by Crippen LogP contribution is 2.17. The van der Waals surface area contributed by atoms with E-state index in [-0.39, 0.29) is 22.4 Å². The Balaban J connectivity index is 3.17. The predicted molar refractivity (Wildman–Crippen MR) is 84.6 cm³/mol. The number of amides is 1. The van der Waals surface area contributed by atoms with E-state index in [9.17, 15) is 23.1 Å². The SMILES string of the molecule is CC[C@H](C)[C@H](NS(=O)(=O)c1cc(C(=O)N(C)C)n(C)c1)C(=O)O. The quantitative estimate of drug-likeness (QED) is 0.748. The molecule has 2 N–H and O–H groups in total. The highest BCUT2D eigenvalue weighted by Gasteiger charge is 2.30. The van der Waals surface area contributed by atoms with Gasteiger partial charge in [0.15, 0.2) is 0 Å². The summed E-state index contributed by atoms with van der Waals surface area (Å²) in [5, 5.41) is 9.21. The van der Waals surface area contributed by atoms with Gasteiger partial charge < -0.3 is 14.6 Å². The topological polar surface area (TPSA) is 109 Å². The minimum Gasteiger partial charge on any atom is -0.480 e. The number of hydrogen-bond donors (Lipinski definition) is 2. The second kappa shape index (κ2) is 7.14. The van der Waals surface area contributed by atoms with Crippen LogP contribution >= 0.6 is 0 Å². The molecule has 0 aliphatic rings. The van der Waals surface area contributed by atoms with Gasteiger partial charge in [-0.1, -0.05) is 20.3 Å². The van der Waals surface area contributed by atoms with Crippen LogP contribution in [0.2, 0.25) is 0 Å². The van der Waals surface area contributed by atoms with Gasteiger partial charge >= 0.3 is 5.97 Å². The van der Waals surface area contributed by atoms with Crippen LogP contribution in [-0.4, -0.2) is 55.0 Å². The molecular weight excluding hydrogens is 322 g/mol. The third-order valence-corrected chi connectivity index (χ3v) is 5.08. The average molecular weight is 345 g/mol. The maximum absolute atomic E-state index is 12.4. The van der Waals surface area contributed by atoms with E-state index in [4.69, 9.17) is 0 Å². The number of carboxylic acids is 1. The van der Waals surface area contributed by atoms with Gasteiger partial charge in [-0.25, -0.2) is 8.42 Å². The van der Waals surface area contributed by atoms with Crippen LogP contribution in [0.3, 0.4) is 0 Å². The fourth-order valence-electron chi connectivity index (χ4n) is 2.00. The van der Waals surface area contributed by atoms with Crippen LogP contribution in [0.25, 0.3) is 0 Å². The summed E-state index contributed by atoms with van der Waals surface area (Å²) in [6.45, 7) is 3.44. The van der Waals surface area contributed by atoms with Gasteiger partial charge in [-0.2, -0.15) is 4.72 Å². The molecule has 0 aromatic carbocycles. The zero-order chi connectivity index (χ0) is 17.9. The van der Waals surface area contributed by atoms with Gasteiger partial charge in [0.05, 0.1) is 0 Å². The maximum Gasteiger partial charge on any atom is 0.322 e. The summed E-state index contributed by atoms with van der Waals surface area (Å²) in [6, 6.07) is 0.0124. The van der Waals surface area contributed by atoms with Crippen LogP contribution in [0.15, 0.2) is 17.2 Å². The Bertz CT molecular complexity index is 693. The highest BCUT2D eigenvalue weighted by atomic mass is 32.2. The maximum atomic E-state index is 12.4. The van der Waals surface area contributed by atoms with Crippen LogP contribution in [0.5, 0.6) is 0 Å². The van der Waals surface area contributed by atoms with Crippen molar-refractivity contribution in [3.05, 3.63) is 18.0 Å². The largest absolute Gasteiger partial charge is 0.480 e. The summed E-state index contributed by atoms with van der Waals surface area (Å²) < 4.78 is 28.4. The lowest BCUT2D eigenvalue weighted by molar-refractivity contribution is -0.140. The number of aryl methyl sites for hydroxylation is 1. The van der Waals surface area contributed by atoms with Crippen LogP contribution in [0.1, 0.15) is 30.8 Å². The first-order valence-corrected chi connectivity index (χ1v) is 8.62. The molecule has 0 unspecified atom stereocenters. The number of aromatic nitrogens is 1. The Kier molecular flexibility index (Phi) is 5.95. The molecule has 1 aromatic rings. The summed E-state index contributed by atoms with van der Waals surface area (Å²) in [4.78, 5) is 24.5. The third kappa shape index (κ3) is 4.32. The lowest BCUT2D eigenvalue weighted by atomic mass is 10.0. The second-order valence-electron chi connectivity index (χ2n) is 5.69. The van der Waals surface area contributed by atoms with Crippen molar-refractivity contribution in [3.63, 3.8) is 0 Å². The number of carbonyl (C=O) groups is 2. The lowest BCUT2D eigenvalue weighted by Gasteiger charge is -2.19. The van der Waals surface area contributed by atoms with Gasteiger partial charge in [0, 0.05) is 27.3 Å². The standard InChI is InChI=1S/C14H23N3O5S/c1-6-9(2)12(14(19)20)15-23(21,22)10-7-11(17(5)8-10)13(18)16(3)4/h7-9,12,15H,6H2,1-5H3,(H,19,20)/t9-,12-/m0/s1. The first kappa shape index (κ1) is 19.2. The molecule has 0 spiro atoms. The molecule has 1 amide bonds. The van der Waals surface area contributed by atoms with Crippen molar-refractivity contribution >= 4 is 21.9 Å². The number of rotatable bonds is 7. The molecule has 1 aromatic heterocycles. The van der Waals surface area contributed by atoms with E-state index in [1.165, 1.54) is 21.7 Å². The van der Waals surface area contributed by atoms with Crippen LogP contribution in [-0.2, 0) is 21.9 Å². The van der Waals surface area contributed by atoms with Crippen molar-refractivity contribution in [2.75, 3.05) is 14.1 Å². The number of nitrogens with zero attached hydrogens (tertiary/aromatic N) is 2.